The molecule has 0 saturated carbocycles. The molecular weight excluding hydrogens is 382 g/mol. The van der Waals surface area contributed by atoms with Crippen LogP contribution in [0.25, 0.3) is 16.9 Å². The summed E-state index contributed by atoms with van der Waals surface area (Å²) in [4.78, 5) is 0. The first-order chi connectivity index (χ1) is 9.63. The number of nitrogens with zero attached hydrogens (tertiary/aromatic N) is 3. The van der Waals surface area contributed by atoms with Gasteiger partial charge in [0, 0.05) is 14.5 Å². The number of hydrogen-bond acceptors (Lipinski definition) is 2. The van der Waals surface area contributed by atoms with Gasteiger partial charge in [0.2, 0.25) is 0 Å². The van der Waals surface area contributed by atoms with E-state index in [9.17, 15) is 0 Å². The van der Waals surface area contributed by atoms with Crippen molar-refractivity contribution >= 4 is 31.9 Å². The second-order valence-electron chi connectivity index (χ2n) is 4.49. The van der Waals surface area contributed by atoms with Gasteiger partial charge in [0.25, 0.3) is 0 Å². The van der Waals surface area contributed by atoms with Gasteiger partial charge in [-0.25, -0.2) is 4.68 Å². The molecule has 0 N–H and O–H groups in total. The van der Waals surface area contributed by atoms with Crippen molar-refractivity contribution in [1.29, 1.82) is 0 Å². The van der Waals surface area contributed by atoms with Crippen molar-refractivity contribution < 1.29 is 0 Å². The first-order valence-corrected chi connectivity index (χ1v) is 7.67. The molecule has 100 valence electrons. The standard InChI is InChI=1S/C15H11Br2N3/c1-10-8-11(2-7-14(10)17)15-9-20(19-18-15)13-5-3-12(16)4-6-13/h2-9H,1H3. The van der Waals surface area contributed by atoms with Crippen molar-refractivity contribution in [2.45, 2.75) is 6.92 Å². The Bertz CT molecular complexity index is 748. The molecule has 0 unspecified atom stereocenters. The van der Waals surface area contributed by atoms with Gasteiger partial charge in [-0.15, -0.1) is 5.10 Å². The molecule has 1 heterocycles. The second kappa shape index (κ2) is 5.50. The van der Waals surface area contributed by atoms with Crippen LogP contribution in [0.5, 0.6) is 0 Å². The van der Waals surface area contributed by atoms with Gasteiger partial charge in [-0.3, -0.25) is 0 Å². The van der Waals surface area contributed by atoms with Crippen molar-refractivity contribution in [3.8, 4) is 16.9 Å². The van der Waals surface area contributed by atoms with Crippen LogP contribution in [0.15, 0.2) is 57.6 Å². The van der Waals surface area contributed by atoms with E-state index in [1.807, 2.05) is 42.6 Å². The largest absolute Gasteiger partial charge is 0.220 e. The Labute approximate surface area is 133 Å². The average molecular weight is 393 g/mol. The normalized spacial score (nSPS) is 10.8. The zero-order valence-corrected chi connectivity index (χ0v) is 13.9. The van der Waals surface area contributed by atoms with Gasteiger partial charge in [0.15, 0.2) is 0 Å². The molecular formula is C15H11Br2N3. The smallest absolute Gasteiger partial charge is 0.113 e. The fourth-order valence-electron chi connectivity index (χ4n) is 1.92. The van der Waals surface area contributed by atoms with Gasteiger partial charge in [0.1, 0.15) is 5.69 Å². The van der Waals surface area contributed by atoms with Crippen molar-refractivity contribution in [2.75, 3.05) is 0 Å². The zero-order valence-electron chi connectivity index (χ0n) is 10.7. The maximum absolute atomic E-state index is 4.24. The van der Waals surface area contributed by atoms with E-state index in [1.54, 1.807) is 4.68 Å². The van der Waals surface area contributed by atoms with E-state index >= 15 is 0 Å². The van der Waals surface area contributed by atoms with Crippen molar-refractivity contribution in [3.05, 3.63) is 63.2 Å². The molecule has 3 rings (SSSR count). The number of halogens is 2. The summed E-state index contributed by atoms with van der Waals surface area (Å²) in [5, 5.41) is 8.43. The number of benzene rings is 2. The first kappa shape index (κ1) is 13.5. The quantitative estimate of drug-likeness (QED) is 0.628. The lowest BCUT2D eigenvalue weighted by Crippen LogP contribution is -1.93. The summed E-state index contributed by atoms with van der Waals surface area (Å²) in [7, 11) is 0. The van der Waals surface area contributed by atoms with Gasteiger partial charge >= 0.3 is 0 Å². The van der Waals surface area contributed by atoms with Gasteiger partial charge in [-0.2, -0.15) is 0 Å². The molecule has 0 aliphatic rings. The van der Waals surface area contributed by atoms with Crippen LogP contribution in [-0.4, -0.2) is 15.0 Å². The number of aryl methyl sites for hydroxylation is 1. The molecule has 5 heteroatoms. The maximum Gasteiger partial charge on any atom is 0.113 e. The van der Waals surface area contributed by atoms with E-state index in [0.29, 0.717) is 0 Å². The van der Waals surface area contributed by atoms with Crippen LogP contribution in [0, 0.1) is 6.92 Å². The minimum Gasteiger partial charge on any atom is -0.220 e. The van der Waals surface area contributed by atoms with Crippen LogP contribution < -0.4 is 0 Å². The Hall–Kier alpha value is -1.46. The predicted molar refractivity (Wildman–Crippen MR) is 86.9 cm³/mol. The molecule has 1 aromatic heterocycles. The van der Waals surface area contributed by atoms with Crippen LogP contribution in [0.3, 0.4) is 0 Å². The van der Waals surface area contributed by atoms with Gasteiger partial charge in [0.05, 0.1) is 11.9 Å². The highest BCUT2D eigenvalue weighted by molar-refractivity contribution is 9.10. The van der Waals surface area contributed by atoms with Gasteiger partial charge < -0.3 is 0 Å². The molecule has 2 aromatic carbocycles. The van der Waals surface area contributed by atoms with Gasteiger partial charge in [-0.1, -0.05) is 43.1 Å². The molecule has 3 nitrogen and oxygen atoms in total. The van der Waals surface area contributed by atoms with E-state index in [-0.39, 0.29) is 0 Å². The predicted octanol–water partition coefficient (Wildman–Crippen LogP) is 4.77. The highest BCUT2D eigenvalue weighted by atomic mass is 79.9. The first-order valence-electron chi connectivity index (χ1n) is 6.08. The zero-order chi connectivity index (χ0) is 14.1. The van der Waals surface area contributed by atoms with Crippen LogP contribution in [0.2, 0.25) is 0 Å². The Morgan fingerprint density at radius 2 is 1.75 bits per heavy atom. The molecule has 3 aromatic rings. The molecule has 0 aliphatic carbocycles. The molecule has 0 bridgehead atoms. The fourth-order valence-corrected chi connectivity index (χ4v) is 2.43. The molecule has 20 heavy (non-hydrogen) atoms. The summed E-state index contributed by atoms with van der Waals surface area (Å²) in [5.41, 5.74) is 4.10. The highest BCUT2D eigenvalue weighted by Gasteiger charge is 2.06. The molecule has 0 amide bonds. The van der Waals surface area contributed by atoms with E-state index < -0.39 is 0 Å². The molecule has 0 aliphatic heterocycles. The lowest BCUT2D eigenvalue weighted by atomic mass is 10.1. The SMILES string of the molecule is Cc1cc(-c2cn(-c3ccc(Br)cc3)nn2)ccc1Br. The number of aromatic nitrogens is 3. The van der Waals surface area contributed by atoms with E-state index in [0.717, 1.165) is 25.9 Å². The van der Waals surface area contributed by atoms with E-state index in [1.165, 1.54) is 5.56 Å². The monoisotopic (exact) mass is 391 g/mol. The third kappa shape index (κ3) is 2.69. The summed E-state index contributed by atoms with van der Waals surface area (Å²) in [6.07, 6.45) is 1.94. The summed E-state index contributed by atoms with van der Waals surface area (Å²) < 4.78 is 3.92. The number of hydrogen-bond donors (Lipinski definition) is 0. The van der Waals surface area contributed by atoms with Crippen LogP contribution in [-0.2, 0) is 0 Å². The summed E-state index contributed by atoms with van der Waals surface area (Å²) in [6, 6.07) is 14.1. The van der Waals surface area contributed by atoms with E-state index in [2.05, 4.69) is 55.2 Å². The summed E-state index contributed by atoms with van der Waals surface area (Å²) >= 11 is 6.93. The van der Waals surface area contributed by atoms with Gasteiger partial charge in [-0.05, 0) is 48.9 Å². The third-order valence-electron chi connectivity index (χ3n) is 3.04. The third-order valence-corrected chi connectivity index (χ3v) is 4.46. The molecule has 0 atom stereocenters. The van der Waals surface area contributed by atoms with Crippen LogP contribution >= 0.6 is 31.9 Å². The average Bonchev–Trinajstić information content (AvgIpc) is 2.92. The Morgan fingerprint density at radius 1 is 1.00 bits per heavy atom. The molecule has 0 saturated heterocycles. The van der Waals surface area contributed by atoms with Crippen LogP contribution in [0.4, 0.5) is 0 Å². The highest BCUT2D eigenvalue weighted by Crippen LogP contribution is 2.24. The van der Waals surface area contributed by atoms with Crippen molar-refractivity contribution in [3.63, 3.8) is 0 Å². The Kier molecular flexibility index (Phi) is 3.72. The van der Waals surface area contributed by atoms with Crippen molar-refractivity contribution in [2.24, 2.45) is 0 Å². The molecule has 0 spiro atoms. The Balaban J connectivity index is 1.97. The number of rotatable bonds is 2. The lowest BCUT2D eigenvalue weighted by molar-refractivity contribution is 0.803. The topological polar surface area (TPSA) is 30.7 Å². The summed E-state index contributed by atoms with van der Waals surface area (Å²) in [5.74, 6) is 0. The van der Waals surface area contributed by atoms with E-state index in [4.69, 9.17) is 0 Å². The maximum atomic E-state index is 4.24. The van der Waals surface area contributed by atoms with Crippen LogP contribution in [0.1, 0.15) is 5.56 Å². The minimum absolute atomic E-state index is 0.864. The minimum atomic E-state index is 0.864. The fraction of sp³-hybridized carbons (Fsp3) is 0.0667. The second-order valence-corrected chi connectivity index (χ2v) is 6.26. The van der Waals surface area contributed by atoms with Crippen molar-refractivity contribution in [1.82, 2.24) is 15.0 Å². The lowest BCUT2D eigenvalue weighted by Gasteiger charge is -2.01. The molecule has 0 radical (unpaired) electrons. The Morgan fingerprint density at radius 3 is 2.45 bits per heavy atom. The molecule has 0 fully saturated rings. The summed E-state index contributed by atoms with van der Waals surface area (Å²) in [6.45, 7) is 2.06.